The molecule has 0 bridgehead atoms. The van der Waals surface area contributed by atoms with Crippen LogP contribution in [0.5, 0.6) is 0 Å². The first kappa shape index (κ1) is 10.9. The molecule has 3 aromatic rings. The number of thiazole rings is 1. The lowest BCUT2D eigenvalue weighted by atomic mass is 10.4. The van der Waals surface area contributed by atoms with Gasteiger partial charge in [-0.15, -0.1) is 11.3 Å². The number of aromatic nitrogens is 5. The molecule has 8 heteroatoms. The summed E-state index contributed by atoms with van der Waals surface area (Å²) in [5.41, 5.74) is 6.74. The van der Waals surface area contributed by atoms with Gasteiger partial charge in [0.15, 0.2) is 0 Å². The maximum absolute atomic E-state index is 5.50. The first-order chi connectivity index (χ1) is 8.86. The summed E-state index contributed by atoms with van der Waals surface area (Å²) in [4.78, 5) is 16.4. The summed E-state index contributed by atoms with van der Waals surface area (Å²) in [6.07, 6.45) is 3.05. The Morgan fingerprint density at radius 2 is 2.22 bits per heavy atom. The summed E-state index contributed by atoms with van der Waals surface area (Å²) in [5, 5.41) is 6.51. The topological polar surface area (TPSA) is 104 Å². The van der Waals surface area contributed by atoms with Crippen molar-refractivity contribution in [1.29, 1.82) is 0 Å². The van der Waals surface area contributed by atoms with E-state index in [4.69, 9.17) is 10.3 Å². The van der Waals surface area contributed by atoms with Gasteiger partial charge in [0.2, 0.25) is 5.82 Å². The van der Waals surface area contributed by atoms with Crippen LogP contribution in [-0.4, -0.2) is 25.1 Å². The molecule has 7 nitrogen and oxygen atoms in total. The van der Waals surface area contributed by atoms with Crippen molar-refractivity contribution in [2.24, 2.45) is 5.73 Å². The zero-order chi connectivity index (χ0) is 12.4. The molecule has 3 rings (SSSR count). The molecule has 0 aliphatic carbocycles. The third kappa shape index (κ3) is 1.98. The molecular weight excluding hydrogens is 252 g/mol. The van der Waals surface area contributed by atoms with E-state index in [1.54, 1.807) is 12.3 Å². The molecule has 0 amide bonds. The zero-order valence-electron chi connectivity index (χ0n) is 9.15. The Kier molecular flexibility index (Phi) is 2.79. The summed E-state index contributed by atoms with van der Waals surface area (Å²) < 4.78 is 5.14. The van der Waals surface area contributed by atoms with Crippen molar-refractivity contribution < 1.29 is 4.52 Å². The average Bonchev–Trinajstić information content (AvgIpc) is 3.08. The van der Waals surface area contributed by atoms with Gasteiger partial charge >= 0.3 is 0 Å². The van der Waals surface area contributed by atoms with E-state index in [2.05, 4.69) is 25.1 Å². The van der Waals surface area contributed by atoms with Crippen LogP contribution < -0.4 is 5.73 Å². The van der Waals surface area contributed by atoms with Gasteiger partial charge in [-0.2, -0.15) is 4.98 Å². The molecule has 0 aliphatic rings. The highest BCUT2D eigenvalue weighted by molar-refractivity contribution is 7.09. The average molecular weight is 260 g/mol. The van der Waals surface area contributed by atoms with E-state index >= 15 is 0 Å². The molecular formula is C10H8N6OS. The van der Waals surface area contributed by atoms with Crippen LogP contribution >= 0.6 is 11.3 Å². The van der Waals surface area contributed by atoms with E-state index in [9.17, 15) is 0 Å². The standard InChI is InChI=1S/C10H8N6OS/c11-3-8-14-7(4-18-8)10-15-9(16-17-10)6-1-2-12-5-13-6/h1-2,4-5H,3,11H2. The van der Waals surface area contributed by atoms with E-state index < -0.39 is 0 Å². The molecule has 0 aromatic carbocycles. The van der Waals surface area contributed by atoms with Crippen molar-refractivity contribution in [2.75, 3.05) is 0 Å². The third-order valence-electron chi connectivity index (χ3n) is 2.18. The van der Waals surface area contributed by atoms with Crippen LogP contribution in [0.1, 0.15) is 5.01 Å². The summed E-state index contributed by atoms with van der Waals surface area (Å²) in [7, 11) is 0. The molecule has 0 spiro atoms. The molecule has 0 fully saturated rings. The Balaban J connectivity index is 1.94. The molecule has 0 atom stereocenters. The first-order valence-corrected chi connectivity index (χ1v) is 5.99. The Morgan fingerprint density at radius 1 is 1.28 bits per heavy atom. The second-order valence-corrected chi connectivity index (χ2v) is 4.29. The van der Waals surface area contributed by atoms with Crippen LogP contribution in [0.25, 0.3) is 23.1 Å². The second kappa shape index (κ2) is 4.59. The molecule has 0 unspecified atom stereocenters. The fourth-order valence-corrected chi connectivity index (χ4v) is 2.01. The summed E-state index contributed by atoms with van der Waals surface area (Å²) in [5.74, 6) is 0.772. The van der Waals surface area contributed by atoms with Crippen LogP contribution in [0.3, 0.4) is 0 Å². The predicted octanol–water partition coefficient (Wildman–Crippen LogP) is 1.11. The van der Waals surface area contributed by atoms with Gasteiger partial charge in [0, 0.05) is 18.1 Å². The minimum atomic E-state index is 0.361. The largest absolute Gasteiger partial charge is 0.332 e. The van der Waals surface area contributed by atoms with Crippen molar-refractivity contribution >= 4 is 11.3 Å². The number of hydrogen-bond donors (Lipinski definition) is 1. The molecule has 18 heavy (non-hydrogen) atoms. The third-order valence-corrected chi connectivity index (χ3v) is 3.05. The number of nitrogens with zero attached hydrogens (tertiary/aromatic N) is 5. The highest BCUT2D eigenvalue weighted by Gasteiger charge is 2.13. The molecule has 90 valence electrons. The highest BCUT2D eigenvalue weighted by atomic mass is 32.1. The van der Waals surface area contributed by atoms with E-state index in [0.717, 1.165) is 5.01 Å². The Bertz CT molecular complexity index is 649. The first-order valence-electron chi connectivity index (χ1n) is 5.12. The minimum absolute atomic E-state index is 0.361. The number of rotatable bonds is 3. The van der Waals surface area contributed by atoms with E-state index in [1.807, 2.05) is 5.38 Å². The second-order valence-electron chi connectivity index (χ2n) is 3.35. The van der Waals surface area contributed by atoms with Gasteiger partial charge in [-0.1, -0.05) is 5.16 Å². The van der Waals surface area contributed by atoms with Crippen molar-refractivity contribution in [2.45, 2.75) is 6.54 Å². The fourth-order valence-electron chi connectivity index (χ4n) is 1.36. The summed E-state index contributed by atoms with van der Waals surface area (Å²) in [6, 6.07) is 1.71. The maximum Gasteiger partial charge on any atom is 0.277 e. The minimum Gasteiger partial charge on any atom is -0.332 e. The molecule has 3 heterocycles. The van der Waals surface area contributed by atoms with Crippen LogP contribution in [0.15, 0.2) is 28.5 Å². The van der Waals surface area contributed by atoms with Crippen LogP contribution in [0.2, 0.25) is 0 Å². The van der Waals surface area contributed by atoms with Gasteiger partial charge in [0.1, 0.15) is 22.7 Å². The molecule has 0 saturated heterocycles. The highest BCUT2D eigenvalue weighted by Crippen LogP contribution is 2.22. The lowest BCUT2D eigenvalue weighted by Crippen LogP contribution is -1.94. The summed E-state index contributed by atoms with van der Waals surface area (Å²) in [6.45, 7) is 0.400. The Hall–Kier alpha value is -2.19. The lowest BCUT2D eigenvalue weighted by Gasteiger charge is -1.88. The smallest absolute Gasteiger partial charge is 0.277 e. The molecule has 2 N–H and O–H groups in total. The van der Waals surface area contributed by atoms with E-state index in [-0.39, 0.29) is 0 Å². The normalized spacial score (nSPS) is 10.7. The van der Waals surface area contributed by atoms with Gasteiger partial charge in [0.25, 0.3) is 5.89 Å². The van der Waals surface area contributed by atoms with Crippen LogP contribution in [0.4, 0.5) is 0 Å². The SMILES string of the molecule is NCc1nc(-c2nc(-c3ccncn3)no2)cs1. The van der Waals surface area contributed by atoms with Crippen molar-refractivity contribution in [3.8, 4) is 23.1 Å². The van der Waals surface area contributed by atoms with E-state index in [1.165, 1.54) is 17.7 Å². The van der Waals surface area contributed by atoms with Crippen LogP contribution in [-0.2, 0) is 6.54 Å². The van der Waals surface area contributed by atoms with Crippen LogP contribution in [0, 0.1) is 0 Å². The van der Waals surface area contributed by atoms with Gasteiger partial charge in [-0.3, -0.25) is 0 Å². The van der Waals surface area contributed by atoms with Gasteiger partial charge < -0.3 is 10.3 Å². The monoisotopic (exact) mass is 260 g/mol. The quantitative estimate of drug-likeness (QED) is 0.752. The van der Waals surface area contributed by atoms with Gasteiger partial charge in [0.05, 0.1) is 0 Å². The lowest BCUT2D eigenvalue weighted by molar-refractivity contribution is 0.431. The van der Waals surface area contributed by atoms with E-state index in [0.29, 0.717) is 29.6 Å². The van der Waals surface area contributed by atoms with Crippen molar-refractivity contribution in [3.05, 3.63) is 29.0 Å². The predicted molar refractivity (Wildman–Crippen MR) is 64.3 cm³/mol. The number of hydrogen-bond acceptors (Lipinski definition) is 8. The molecule has 0 aliphatic heterocycles. The zero-order valence-corrected chi connectivity index (χ0v) is 9.96. The van der Waals surface area contributed by atoms with Crippen molar-refractivity contribution in [3.63, 3.8) is 0 Å². The number of nitrogens with two attached hydrogens (primary N) is 1. The summed E-state index contributed by atoms with van der Waals surface area (Å²) >= 11 is 1.46. The Morgan fingerprint density at radius 3 is 2.94 bits per heavy atom. The van der Waals surface area contributed by atoms with Gasteiger partial charge in [-0.05, 0) is 6.07 Å². The molecule has 0 radical (unpaired) electrons. The maximum atomic E-state index is 5.50. The fraction of sp³-hybridized carbons (Fsp3) is 0.100. The van der Waals surface area contributed by atoms with Crippen molar-refractivity contribution in [1.82, 2.24) is 25.1 Å². The molecule has 0 saturated carbocycles. The van der Waals surface area contributed by atoms with Gasteiger partial charge in [-0.25, -0.2) is 15.0 Å². The molecule has 3 aromatic heterocycles. The Labute approximate surface area is 106 Å².